The summed E-state index contributed by atoms with van der Waals surface area (Å²) in [6, 6.07) is 6.90. The van der Waals surface area contributed by atoms with Gasteiger partial charge >= 0.3 is 0 Å². The summed E-state index contributed by atoms with van der Waals surface area (Å²) >= 11 is 3.30. The first-order valence-electron chi connectivity index (χ1n) is 6.25. The lowest BCUT2D eigenvalue weighted by molar-refractivity contribution is 0.332. The highest BCUT2D eigenvalue weighted by Crippen LogP contribution is 2.25. The monoisotopic (exact) mass is 331 g/mol. The first-order valence-corrected chi connectivity index (χ1v) is 8.53. The van der Waals surface area contributed by atoms with Crippen molar-refractivity contribution >= 4 is 26.0 Å². The normalized spacial score (nSPS) is 25.0. The Morgan fingerprint density at radius 2 is 1.89 bits per heavy atom. The molecule has 0 spiro atoms. The molecule has 5 heteroatoms. The number of hydrogen-bond donors (Lipinski definition) is 1. The zero-order valence-corrected chi connectivity index (χ0v) is 12.8. The molecule has 0 aromatic heterocycles. The smallest absolute Gasteiger partial charge is 0.208 e. The van der Waals surface area contributed by atoms with Gasteiger partial charge in [-0.3, -0.25) is 0 Å². The summed E-state index contributed by atoms with van der Waals surface area (Å²) in [6.07, 6.45) is 4.08. The molecule has 0 amide bonds. The van der Waals surface area contributed by atoms with Gasteiger partial charge in [-0.25, -0.2) is 13.1 Å². The van der Waals surface area contributed by atoms with Crippen molar-refractivity contribution in [3.63, 3.8) is 0 Å². The molecule has 0 aliphatic heterocycles. The fourth-order valence-corrected chi connectivity index (χ4v) is 4.20. The molecule has 1 aliphatic carbocycles. The van der Waals surface area contributed by atoms with Gasteiger partial charge in [0.15, 0.2) is 0 Å². The molecular formula is C13H18BrNO2S. The molecule has 100 valence electrons. The van der Waals surface area contributed by atoms with E-state index in [9.17, 15) is 8.42 Å². The van der Waals surface area contributed by atoms with Gasteiger partial charge < -0.3 is 0 Å². The van der Waals surface area contributed by atoms with Crippen molar-refractivity contribution in [2.24, 2.45) is 5.92 Å². The lowest BCUT2D eigenvalue weighted by atomic mass is 9.88. The van der Waals surface area contributed by atoms with Crippen LogP contribution in [0.1, 0.15) is 32.6 Å². The molecule has 1 aromatic rings. The molecule has 1 aliphatic rings. The molecule has 0 bridgehead atoms. The molecule has 3 nitrogen and oxygen atoms in total. The first kappa shape index (κ1) is 14.0. The van der Waals surface area contributed by atoms with Crippen LogP contribution in [0.5, 0.6) is 0 Å². The van der Waals surface area contributed by atoms with Crippen LogP contribution in [0.15, 0.2) is 33.6 Å². The number of sulfonamides is 1. The van der Waals surface area contributed by atoms with Crippen molar-refractivity contribution in [1.29, 1.82) is 0 Å². The summed E-state index contributed by atoms with van der Waals surface area (Å²) in [5.74, 6) is 0.719. The molecule has 0 unspecified atom stereocenters. The van der Waals surface area contributed by atoms with Crippen molar-refractivity contribution in [1.82, 2.24) is 4.72 Å². The second-order valence-corrected chi connectivity index (χ2v) is 7.67. The van der Waals surface area contributed by atoms with Crippen molar-refractivity contribution in [3.8, 4) is 0 Å². The largest absolute Gasteiger partial charge is 0.240 e. The van der Waals surface area contributed by atoms with Crippen molar-refractivity contribution in [2.45, 2.75) is 43.5 Å². The Balaban J connectivity index is 2.08. The van der Waals surface area contributed by atoms with Gasteiger partial charge in [-0.2, -0.15) is 0 Å². The lowest BCUT2D eigenvalue weighted by Gasteiger charge is -2.26. The Labute approximate surface area is 117 Å². The highest BCUT2D eigenvalue weighted by molar-refractivity contribution is 9.10. The van der Waals surface area contributed by atoms with E-state index in [0.717, 1.165) is 36.1 Å². The first-order chi connectivity index (χ1) is 8.47. The van der Waals surface area contributed by atoms with Crippen LogP contribution in [0.2, 0.25) is 0 Å². The van der Waals surface area contributed by atoms with Crippen LogP contribution in [0.4, 0.5) is 0 Å². The summed E-state index contributed by atoms with van der Waals surface area (Å²) in [6.45, 7) is 2.22. The fourth-order valence-electron chi connectivity index (χ4n) is 2.30. The number of benzene rings is 1. The van der Waals surface area contributed by atoms with E-state index >= 15 is 0 Å². The van der Waals surface area contributed by atoms with Gasteiger partial charge in [0.2, 0.25) is 10.0 Å². The van der Waals surface area contributed by atoms with Gasteiger partial charge in [0, 0.05) is 10.5 Å². The van der Waals surface area contributed by atoms with E-state index in [4.69, 9.17) is 0 Å². The number of rotatable bonds is 3. The maximum atomic E-state index is 12.2. The molecule has 0 saturated heterocycles. The van der Waals surface area contributed by atoms with Crippen LogP contribution in [0.3, 0.4) is 0 Å². The second-order valence-electron chi connectivity index (χ2n) is 5.04. The summed E-state index contributed by atoms with van der Waals surface area (Å²) < 4.78 is 28.0. The van der Waals surface area contributed by atoms with E-state index in [0.29, 0.717) is 4.90 Å². The Bertz CT molecular complexity index is 507. The van der Waals surface area contributed by atoms with Gasteiger partial charge in [0.25, 0.3) is 0 Å². The molecule has 2 rings (SSSR count). The Morgan fingerprint density at radius 1 is 1.22 bits per heavy atom. The van der Waals surface area contributed by atoms with E-state index in [1.807, 2.05) is 6.07 Å². The van der Waals surface area contributed by atoms with Crippen molar-refractivity contribution < 1.29 is 8.42 Å². The lowest BCUT2D eigenvalue weighted by Crippen LogP contribution is -2.37. The Hall–Kier alpha value is -0.390. The van der Waals surface area contributed by atoms with Gasteiger partial charge in [-0.05, 0) is 49.8 Å². The van der Waals surface area contributed by atoms with Gasteiger partial charge in [0.1, 0.15) is 0 Å². The molecule has 1 N–H and O–H groups in total. The van der Waals surface area contributed by atoms with Crippen LogP contribution in [0, 0.1) is 5.92 Å². The van der Waals surface area contributed by atoms with Crippen molar-refractivity contribution in [3.05, 3.63) is 28.7 Å². The predicted molar refractivity (Wildman–Crippen MR) is 75.9 cm³/mol. The standard InChI is InChI=1S/C13H18BrNO2S/c1-10-5-7-12(8-6-10)15-18(16,17)13-4-2-3-11(14)9-13/h2-4,9-10,12,15H,5-8H2,1H3. The Morgan fingerprint density at radius 3 is 2.50 bits per heavy atom. The highest BCUT2D eigenvalue weighted by atomic mass is 79.9. The highest BCUT2D eigenvalue weighted by Gasteiger charge is 2.24. The average Bonchev–Trinajstić information content (AvgIpc) is 2.32. The molecule has 0 radical (unpaired) electrons. The zero-order chi connectivity index (χ0) is 13.2. The van der Waals surface area contributed by atoms with Crippen LogP contribution >= 0.6 is 15.9 Å². The number of halogens is 1. The minimum Gasteiger partial charge on any atom is -0.208 e. The van der Waals surface area contributed by atoms with E-state index in [2.05, 4.69) is 27.6 Å². The minimum atomic E-state index is -3.38. The van der Waals surface area contributed by atoms with Crippen molar-refractivity contribution in [2.75, 3.05) is 0 Å². The topological polar surface area (TPSA) is 46.2 Å². The molecule has 1 saturated carbocycles. The van der Waals surface area contributed by atoms with Crippen LogP contribution < -0.4 is 4.72 Å². The summed E-state index contributed by atoms with van der Waals surface area (Å²) in [5.41, 5.74) is 0. The fraction of sp³-hybridized carbons (Fsp3) is 0.538. The third-order valence-corrected chi connectivity index (χ3v) is 5.46. The average molecular weight is 332 g/mol. The van der Waals surface area contributed by atoms with E-state index < -0.39 is 10.0 Å². The van der Waals surface area contributed by atoms with Crippen LogP contribution in [0.25, 0.3) is 0 Å². The summed E-state index contributed by atoms with van der Waals surface area (Å²) in [7, 11) is -3.38. The molecule has 0 heterocycles. The molecule has 1 fully saturated rings. The van der Waals surface area contributed by atoms with E-state index in [-0.39, 0.29) is 6.04 Å². The maximum absolute atomic E-state index is 12.2. The van der Waals surface area contributed by atoms with Crippen LogP contribution in [-0.4, -0.2) is 14.5 Å². The molecule has 1 aromatic carbocycles. The van der Waals surface area contributed by atoms with E-state index in [1.54, 1.807) is 18.2 Å². The number of hydrogen-bond acceptors (Lipinski definition) is 2. The van der Waals surface area contributed by atoms with Gasteiger partial charge in [-0.1, -0.05) is 28.9 Å². The summed E-state index contributed by atoms with van der Waals surface area (Å²) in [5, 5.41) is 0. The molecule has 18 heavy (non-hydrogen) atoms. The SMILES string of the molecule is CC1CCC(NS(=O)(=O)c2cccc(Br)c2)CC1. The third kappa shape index (κ3) is 3.56. The van der Waals surface area contributed by atoms with Gasteiger partial charge in [0.05, 0.1) is 4.90 Å². The third-order valence-electron chi connectivity index (χ3n) is 3.44. The second kappa shape index (κ2) is 5.72. The zero-order valence-electron chi connectivity index (χ0n) is 10.4. The number of nitrogens with one attached hydrogen (secondary N) is 1. The molecular weight excluding hydrogens is 314 g/mol. The maximum Gasteiger partial charge on any atom is 0.240 e. The van der Waals surface area contributed by atoms with E-state index in [1.165, 1.54) is 0 Å². The molecule has 0 atom stereocenters. The summed E-state index contributed by atoms with van der Waals surface area (Å²) in [4.78, 5) is 0.329. The van der Waals surface area contributed by atoms with Gasteiger partial charge in [-0.15, -0.1) is 0 Å². The Kier molecular flexibility index (Phi) is 4.45. The quantitative estimate of drug-likeness (QED) is 0.923. The minimum absolute atomic E-state index is 0.0881. The predicted octanol–water partition coefficient (Wildman–Crippen LogP) is 3.31. The van der Waals surface area contributed by atoms with Crippen LogP contribution in [-0.2, 0) is 10.0 Å².